The Kier molecular flexibility index (Phi) is 4.05. The van der Waals surface area contributed by atoms with E-state index < -0.39 is 0 Å². The van der Waals surface area contributed by atoms with E-state index in [1.807, 2.05) is 0 Å². The minimum atomic E-state index is 0.491. The predicted octanol–water partition coefficient (Wildman–Crippen LogP) is 2.47. The molecule has 1 aliphatic heterocycles. The molecule has 4 nitrogen and oxygen atoms in total. The molecule has 0 spiro atoms. The minimum Gasteiger partial charge on any atom is -0.384 e. The highest BCUT2D eigenvalue weighted by molar-refractivity contribution is 5.40. The Morgan fingerprint density at radius 2 is 2.12 bits per heavy atom. The van der Waals surface area contributed by atoms with Crippen LogP contribution in [0.3, 0.4) is 0 Å². The molecule has 0 aliphatic carbocycles. The van der Waals surface area contributed by atoms with Crippen molar-refractivity contribution in [1.82, 2.24) is 9.55 Å². The lowest BCUT2D eigenvalue weighted by atomic mass is 9.96. The van der Waals surface area contributed by atoms with Crippen LogP contribution in [-0.2, 0) is 11.3 Å². The van der Waals surface area contributed by atoms with E-state index in [4.69, 9.17) is 10.5 Å². The van der Waals surface area contributed by atoms with Gasteiger partial charge >= 0.3 is 0 Å². The number of anilines is 1. The molecule has 2 heterocycles. The number of aryl methyl sites for hydroxylation is 1. The second kappa shape index (κ2) is 5.54. The second-order valence-corrected chi connectivity index (χ2v) is 4.82. The molecule has 0 saturated carbocycles. The third kappa shape index (κ3) is 2.63. The van der Waals surface area contributed by atoms with E-state index in [2.05, 4.69) is 23.4 Å². The number of hydrogen-bond donors (Lipinski definition) is 1. The molecular weight excluding hydrogens is 214 g/mol. The highest BCUT2D eigenvalue weighted by Crippen LogP contribution is 2.30. The van der Waals surface area contributed by atoms with Gasteiger partial charge in [0.2, 0.25) is 0 Å². The van der Waals surface area contributed by atoms with Gasteiger partial charge in [0.1, 0.15) is 11.6 Å². The van der Waals surface area contributed by atoms with Crippen molar-refractivity contribution in [2.75, 3.05) is 18.9 Å². The molecule has 2 rings (SSSR count). The fraction of sp³-hybridized carbons (Fsp3) is 0.769. The van der Waals surface area contributed by atoms with Crippen molar-refractivity contribution in [2.45, 2.75) is 52.0 Å². The van der Waals surface area contributed by atoms with E-state index in [0.29, 0.717) is 5.92 Å². The summed E-state index contributed by atoms with van der Waals surface area (Å²) in [5.41, 5.74) is 7.33. The Hall–Kier alpha value is -1.03. The fourth-order valence-corrected chi connectivity index (χ4v) is 2.47. The maximum atomic E-state index is 6.24. The first kappa shape index (κ1) is 12.4. The van der Waals surface area contributed by atoms with Gasteiger partial charge in [0.25, 0.3) is 0 Å². The van der Waals surface area contributed by atoms with Crippen LogP contribution in [0.2, 0.25) is 0 Å². The Morgan fingerprint density at radius 3 is 2.76 bits per heavy atom. The summed E-state index contributed by atoms with van der Waals surface area (Å²) in [6.07, 6.45) is 4.45. The number of unbranched alkanes of at least 4 members (excludes halogenated alkanes) is 1. The zero-order valence-electron chi connectivity index (χ0n) is 10.9. The number of aromatic nitrogens is 2. The lowest BCUT2D eigenvalue weighted by Crippen LogP contribution is -2.16. The van der Waals surface area contributed by atoms with E-state index in [0.717, 1.165) is 56.4 Å². The fourth-order valence-electron chi connectivity index (χ4n) is 2.47. The van der Waals surface area contributed by atoms with Crippen molar-refractivity contribution < 1.29 is 4.74 Å². The Balaban J connectivity index is 2.17. The number of ether oxygens (including phenoxy) is 1. The zero-order chi connectivity index (χ0) is 12.3. The molecule has 2 N–H and O–H groups in total. The number of rotatable bonds is 4. The minimum absolute atomic E-state index is 0.491. The van der Waals surface area contributed by atoms with Crippen LogP contribution >= 0.6 is 0 Å². The van der Waals surface area contributed by atoms with Gasteiger partial charge in [-0.05, 0) is 26.2 Å². The molecule has 1 aromatic heterocycles. The molecule has 17 heavy (non-hydrogen) atoms. The summed E-state index contributed by atoms with van der Waals surface area (Å²) in [6.45, 7) is 6.91. The summed E-state index contributed by atoms with van der Waals surface area (Å²) in [5, 5.41) is 0. The summed E-state index contributed by atoms with van der Waals surface area (Å²) in [6, 6.07) is 0. The van der Waals surface area contributed by atoms with Gasteiger partial charge in [-0.25, -0.2) is 4.98 Å². The average Bonchev–Trinajstić information content (AvgIpc) is 2.64. The number of nitrogens with zero attached hydrogens (tertiary/aromatic N) is 2. The van der Waals surface area contributed by atoms with Crippen LogP contribution in [-0.4, -0.2) is 22.8 Å². The highest BCUT2D eigenvalue weighted by Gasteiger charge is 2.23. The van der Waals surface area contributed by atoms with E-state index in [1.54, 1.807) is 0 Å². The van der Waals surface area contributed by atoms with Gasteiger partial charge in [-0.15, -0.1) is 0 Å². The molecular formula is C13H23N3O. The molecule has 0 atom stereocenters. The molecule has 1 fully saturated rings. The third-order valence-electron chi connectivity index (χ3n) is 3.57. The summed E-state index contributed by atoms with van der Waals surface area (Å²) in [7, 11) is 0. The predicted molar refractivity (Wildman–Crippen MR) is 69.1 cm³/mol. The van der Waals surface area contributed by atoms with E-state index in [-0.39, 0.29) is 0 Å². The quantitative estimate of drug-likeness (QED) is 0.875. The molecule has 96 valence electrons. The van der Waals surface area contributed by atoms with Crippen molar-refractivity contribution in [3.63, 3.8) is 0 Å². The normalized spacial score (nSPS) is 17.5. The first-order chi connectivity index (χ1) is 8.24. The highest BCUT2D eigenvalue weighted by atomic mass is 16.5. The van der Waals surface area contributed by atoms with Crippen LogP contribution < -0.4 is 5.73 Å². The maximum Gasteiger partial charge on any atom is 0.127 e. The maximum absolute atomic E-state index is 6.24. The number of hydrogen-bond acceptors (Lipinski definition) is 3. The Bertz CT molecular complexity index is 367. The standard InChI is InChI=1S/C13H23N3O/c1-3-4-7-16-10(2)15-12(13(16)14)11-5-8-17-9-6-11/h11H,3-9,14H2,1-2H3. The molecule has 1 aromatic rings. The molecule has 0 bridgehead atoms. The van der Waals surface area contributed by atoms with Gasteiger partial charge in [0.15, 0.2) is 0 Å². The summed E-state index contributed by atoms with van der Waals surface area (Å²) in [4.78, 5) is 4.67. The molecule has 0 radical (unpaired) electrons. The summed E-state index contributed by atoms with van der Waals surface area (Å²) in [5.74, 6) is 2.42. The van der Waals surface area contributed by atoms with Crippen LogP contribution in [0.4, 0.5) is 5.82 Å². The van der Waals surface area contributed by atoms with Gasteiger partial charge in [-0.1, -0.05) is 13.3 Å². The monoisotopic (exact) mass is 237 g/mol. The smallest absolute Gasteiger partial charge is 0.127 e. The van der Waals surface area contributed by atoms with Crippen molar-refractivity contribution in [1.29, 1.82) is 0 Å². The molecule has 0 aromatic carbocycles. The number of nitrogen functional groups attached to an aromatic ring is 1. The van der Waals surface area contributed by atoms with Gasteiger partial charge in [-0.3, -0.25) is 0 Å². The topological polar surface area (TPSA) is 53.1 Å². The molecule has 4 heteroatoms. The van der Waals surface area contributed by atoms with Crippen LogP contribution in [0.1, 0.15) is 50.0 Å². The van der Waals surface area contributed by atoms with E-state index >= 15 is 0 Å². The van der Waals surface area contributed by atoms with Gasteiger partial charge in [0, 0.05) is 25.7 Å². The van der Waals surface area contributed by atoms with Crippen LogP contribution in [0.15, 0.2) is 0 Å². The van der Waals surface area contributed by atoms with Crippen molar-refractivity contribution in [3.8, 4) is 0 Å². The van der Waals surface area contributed by atoms with Crippen molar-refractivity contribution >= 4 is 5.82 Å². The lowest BCUT2D eigenvalue weighted by molar-refractivity contribution is 0.0847. The average molecular weight is 237 g/mol. The molecule has 1 saturated heterocycles. The van der Waals surface area contributed by atoms with Crippen molar-refractivity contribution in [3.05, 3.63) is 11.5 Å². The van der Waals surface area contributed by atoms with Gasteiger partial charge < -0.3 is 15.0 Å². The third-order valence-corrected chi connectivity index (χ3v) is 3.57. The SMILES string of the molecule is CCCCn1c(C)nc(C2CCOCC2)c1N. The number of nitrogens with two attached hydrogens (primary N) is 1. The van der Waals surface area contributed by atoms with Crippen molar-refractivity contribution in [2.24, 2.45) is 0 Å². The lowest BCUT2D eigenvalue weighted by Gasteiger charge is -2.21. The largest absolute Gasteiger partial charge is 0.384 e. The first-order valence-corrected chi connectivity index (χ1v) is 6.64. The summed E-state index contributed by atoms with van der Waals surface area (Å²) >= 11 is 0. The van der Waals surface area contributed by atoms with Crippen LogP contribution in [0.25, 0.3) is 0 Å². The van der Waals surface area contributed by atoms with Crippen LogP contribution in [0.5, 0.6) is 0 Å². The van der Waals surface area contributed by atoms with E-state index in [1.165, 1.54) is 6.42 Å². The second-order valence-electron chi connectivity index (χ2n) is 4.82. The Labute approximate surface area is 103 Å². The van der Waals surface area contributed by atoms with Gasteiger partial charge in [-0.2, -0.15) is 0 Å². The molecule has 0 amide bonds. The summed E-state index contributed by atoms with van der Waals surface area (Å²) < 4.78 is 7.55. The van der Waals surface area contributed by atoms with Gasteiger partial charge in [0.05, 0.1) is 5.69 Å². The Morgan fingerprint density at radius 1 is 1.41 bits per heavy atom. The van der Waals surface area contributed by atoms with E-state index in [9.17, 15) is 0 Å². The van der Waals surface area contributed by atoms with Crippen LogP contribution in [0, 0.1) is 6.92 Å². The molecule has 0 unspecified atom stereocenters. The first-order valence-electron chi connectivity index (χ1n) is 6.64. The molecule has 1 aliphatic rings. The zero-order valence-corrected chi connectivity index (χ0v) is 10.9. The number of imidazole rings is 1.